The lowest BCUT2D eigenvalue weighted by Gasteiger charge is -2.04. The normalized spacial score (nSPS) is 8.83. The lowest BCUT2D eigenvalue weighted by molar-refractivity contribution is 0.0593. The Hall–Kier alpha value is -2.69. The van der Waals surface area contributed by atoms with Crippen molar-refractivity contribution < 1.29 is 34.2 Å². The van der Waals surface area contributed by atoms with E-state index in [9.17, 15) is 9.59 Å². The van der Waals surface area contributed by atoms with Crippen LogP contribution in [0.15, 0.2) is 24.5 Å². The van der Waals surface area contributed by atoms with Crippen LogP contribution in [0.2, 0.25) is 0 Å². The van der Waals surface area contributed by atoms with Crippen molar-refractivity contribution >= 4 is 35.2 Å². The smallest absolute Gasteiger partial charge is 0.341 e. The minimum atomic E-state index is -0.418. The van der Waals surface area contributed by atoms with E-state index in [2.05, 4.69) is 41.2 Å². The van der Waals surface area contributed by atoms with Gasteiger partial charge in [0.05, 0.1) is 14.2 Å². The standard InChI is InChI=1S/C9H14N2O2.C6H8N2O2.C3H7Cl.2C3H8O.4H2/c1-3-5-10-8-7(4-6-11-8)9(12)13-2;1-10-6(9)4-2-3-8-5(4)7;1-2-3-4;2*1-3-4-2;;;;/h4,6,10-11H,3,5H2,1-2H3;2-3,8H,7H2,1H3;2-3H2,1H3;2*3H2,1-2H3;4*1H/i;;;;;2*1+2;2*1+1. The van der Waals surface area contributed by atoms with E-state index in [1.165, 1.54) is 14.2 Å². The molecule has 0 unspecified atom stereocenters. The molecular weight excluding hydrogens is 476 g/mol. The molecule has 0 aliphatic carbocycles. The van der Waals surface area contributed by atoms with Gasteiger partial charge in [0.2, 0.25) is 0 Å². The summed E-state index contributed by atoms with van der Waals surface area (Å²) in [4.78, 5) is 27.6. The van der Waals surface area contributed by atoms with Gasteiger partial charge in [0.1, 0.15) is 22.8 Å². The number of anilines is 2. The highest BCUT2D eigenvalue weighted by atomic mass is 35.5. The molecule has 0 bridgehead atoms. The molecule has 11 heteroatoms. The number of alkyl halides is 1. The summed E-state index contributed by atoms with van der Waals surface area (Å²) in [5.74, 6) is 1.12. The van der Waals surface area contributed by atoms with Gasteiger partial charge in [-0.2, -0.15) is 0 Å². The summed E-state index contributed by atoms with van der Waals surface area (Å²) in [6.07, 6.45) is 5.40. The zero-order valence-electron chi connectivity index (χ0n) is 22.5. The molecule has 0 amide bonds. The van der Waals surface area contributed by atoms with Crippen LogP contribution >= 0.6 is 11.6 Å². The summed E-state index contributed by atoms with van der Waals surface area (Å²) in [5, 5.41) is 3.10. The second-order valence-corrected chi connectivity index (χ2v) is 6.70. The van der Waals surface area contributed by atoms with Gasteiger partial charge in [0.15, 0.2) is 0 Å². The molecule has 0 atom stereocenters. The minimum Gasteiger partial charge on any atom is -0.465 e. The van der Waals surface area contributed by atoms with E-state index in [4.69, 9.17) is 17.3 Å². The average molecular weight is 535 g/mol. The first-order valence-electron chi connectivity index (χ1n) is 11.3. The molecule has 212 valence electrons. The first-order valence-corrected chi connectivity index (χ1v) is 11.9. The van der Waals surface area contributed by atoms with Crippen molar-refractivity contribution in [3.8, 4) is 0 Å². The Kier molecular flexibility index (Phi) is 29.0. The summed E-state index contributed by atoms with van der Waals surface area (Å²) in [5.41, 5.74) is 6.29. The number of nitrogens with two attached hydrogens (primary N) is 1. The van der Waals surface area contributed by atoms with E-state index in [1.54, 1.807) is 38.7 Å². The monoisotopic (exact) mass is 534 g/mol. The van der Waals surface area contributed by atoms with Crippen molar-refractivity contribution in [3.63, 3.8) is 0 Å². The Labute approximate surface area is 221 Å². The fourth-order valence-corrected chi connectivity index (χ4v) is 1.72. The van der Waals surface area contributed by atoms with Gasteiger partial charge in [-0.25, -0.2) is 9.59 Å². The van der Waals surface area contributed by atoms with E-state index >= 15 is 0 Å². The lowest BCUT2D eigenvalue weighted by atomic mass is 10.3. The number of carbonyl (C=O) groups is 2. The number of ether oxygens (including phenoxy) is 4. The molecule has 5 N–H and O–H groups in total. The maximum Gasteiger partial charge on any atom is 0.341 e. The third-order valence-corrected chi connectivity index (χ3v) is 4.03. The van der Waals surface area contributed by atoms with Crippen LogP contribution in [0.1, 0.15) is 67.0 Å². The van der Waals surface area contributed by atoms with Gasteiger partial charge in [0, 0.05) is 58.0 Å². The minimum absolute atomic E-state index is 0. The largest absolute Gasteiger partial charge is 0.465 e. The quantitative estimate of drug-likeness (QED) is 0.241. The van der Waals surface area contributed by atoms with Crippen LogP contribution in [-0.4, -0.2) is 76.0 Å². The highest BCUT2D eigenvalue weighted by molar-refractivity contribution is 6.17. The van der Waals surface area contributed by atoms with Gasteiger partial charge >= 0.3 is 11.9 Å². The number of nitrogen functional groups attached to an aromatic ring is 1. The molecule has 0 aliphatic heterocycles. The van der Waals surface area contributed by atoms with Gasteiger partial charge in [-0.05, 0) is 38.8 Å². The lowest BCUT2D eigenvalue weighted by Crippen LogP contribution is -2.07. The molecule has 0 fully saturated rings. The van der Waals surface area contributed by atoms with Crippen LogP contribution in [0.4, 0.5) is 11.6 Å². The fourth-order valence-electron chi connectivity index (χ4n) is 1.72. The molecule has 35 heavy (non-hydrogen) atoms. The Morgan fingerprint density at radius 2 is 1.34 bits per heavy atom. The van der Waals surface area contributed by atoms with Gasteiger partial charge in [-0.1, -0.05) is 13.8 Å². The predicted octanol–water partition coefficient (Wildman–Crippen LogP) is 5.93. The number of halogens is 1. The van der Waals surface area contributed by atoms with Gasteiger partial charge in [-0.3, -0.25) is 0 Å². The first-order chi connectivity index (χ1) is 16.8. The van der Waals surface area contributed by atoms with Crippen molar-refractivity contribution in [2.75, 3.05) is 65.1 Å². The van der Waals surface area contributed by atoms with Gasteiger partial charge < -0.3 is 40.0 Å². The Morgan fingerprint density at radius 3 is 1.69 bits per heavy atom. The number of H-pyrrole nitrogens is 2. The molecule has 0 radical (unpaired) electrons. The average Bonchev–Trinajstić information content (AvgIpc) is 3.56. The third-order valence-electron chi connectivity index (χ3n) is 3.65. The van der Waals surface area contributed by atoms with Gasteiger partial charge in [0.25, 0.3) is 0 Å². The highest BCUT2D eigenvalue weighted by Gasteiger charge is 2.11. The fraction of sp³-hybridized carbons (Fsp3) is 0.583. The zero-order valence-corrected chi connectivity index (χ0v) is 23.2. The number of rotatable bonds is 8. The molecule has 2 rings (SSSR count). The van der Waals surface area contributed by atoms with Gasteiger partial charge in [-0.15, -0.1) is 11.6 Å². The van der Waals surface area contributed by atoms with Crippen LogP contribution in [-0.2, 0) is 18.9 Å². The summed E-state index contributed by atoms with van der Waals surface area (Å²) < 4.78 is 18.1. The van der Waals surface area contributed by atoms with Crippen LogP contribution in [0.3, 0.4) is 0 Å². The number of methoxy groups -OCH3 is 4. The number of aromatic nitrogens is 2. The summed E-state index contributed by atoms with van der Waals surface area (Å²) in [6.45, 7) is 10.5. The topological polar surface area (TPSA) is 141 Å². The van der Waals surface area contributed by atoms with E-state index in [0.29, 0.717) is 16.9 Å². The highest BCUT2D eigenvalue weighted by Crippen LogP contribution is 2.13. The molecule has 0 aromatic carbocycles. The van der Waals surface area contributed by atoms with Crippen LogP contribution < -0.4 is 11.1 Å². The predicted molar refractivity (Wildman–Crippen MR) is 152 cm³/mol. The molecular formula is C24H53ClN4O6. The second-order valence-electron chi connectivity index (χ2n) is 6.32. The number of aromatic amines is 2. The molecule has 0 aliphatic rings. The van der Waals surface area contributed by atoms with Crippen molar-refractivity contribution in [2.24, 2.45) is 0 Å². The summed E-state index contributed by atoms with van der Waals surface area (Å²) in [6, 6.07) is 3.27. The number of esters is 2. The maximum absolute atomic E-state index is 11.2. The van der Waals surface area contributed by atoms with Crippen molar-refractivity contribution in [1.29, 1.82) is 0 Å². The van der Waals surface area contributed by atoms with E-state index in [0.717, 1.165) is 44.3 Å². The summed E-state index contributed by atoms with van der Waals surface area (Å²) in [7, 11) is 6.05. The number of hydrogen-bond donors (Lipinski definition) is 4. The van der Waals surface area contributed by atoms with Crippen molar-refractivity contribution in [3.05, 3.63) is 35.7 Å². The van der Waals surface area contributed by atoms with Crippen LogP contribution in [0.5, 0.6) is 0 Å². The molecule has 0 saturated heterocycles. The van der Waals surface area contributed by atoms with Crippen molar-refractivity contribution in [2.45, 2.75) is 40.5 Å². The molecule has 10 nitrogen and oxygen atoms in total. The molecule has 0 saturated carbocycles. The first kappa shape index (κ1) is 36.9. The molecule has 2 heterocycles. The maximum atomic E-state index is 11.2. The number of nitrogens with one attached hydrogen (secondary N) is 3. The van der Waals surface area contributed by atoms with Crippen molar-refractivity contribution in [1.82, 2.24) is 9.97 Å². The van der Waals surface area contributed by atoms with E-state index in [1.807, 2.05) is 20.8 Å². The zero-order chi connectivity index (χ0) is 27.5. The van der Waals surface area contributed by atoms with E-state index < -0.39 is 5.97 Å². The van der Waals surface area contributed by atoms with Crippen LogP contribution in [0, 0.1) is 0 Å². The van der Waals surface area contributed by atoms with E-state index in [-0.39, 0.29) is 11.7 Å². The molecule has 0 spiro atoms. The summed E-state index contributed by atoms with van der Waals surface area (Å²) >= 11 is 5.19. The molecule has 2 aromatic heterocycles. The Morgan fingerprint density at radius 1 is 0.914 bits per heavy atom. The van der Waals surface area contributed by atoms with Crippen LogP contribution in [0.25, 0.3) is 0 Å². The molecule has 2 aromatic rings. The Balaban J connectivity index is -0.0000000705. The third kappa shape index (κ3) is 20.4. The SMILES string of the molecule is CCCCl.CCCNc1[nH]ccc1C(=O)OC.CCOC.CCOC.COC(=O)c1cc[nH]c1N.[2HH].[2HH].[3HH].[3HH]. The number of carbonyl (C=O) groups excluding carboxylic acids is 2. The number of hydrogen-bond acceptors (Lipinski definition) is 8. The second kappa shape index (κ2) is 27.6. The Bertz CT molecular complexity index is 740.